The Kier molecular flexibility index (Phi) is 4.45. The zero-order valence-corrected chi connectivity index (χ0v) is 14.6. The average Bonchev–Trinajstić information content (AvgIpc) is 2.95. The SMILES string of the molecule is Cc1cccc(Cn2c(NCCN)nc3c2c(=O)n(C)c(=O)n3C)c1. The third kappa shape index (κ3) is 2.96. The standard InChI is InChI=1S/C17H22N6O2/c1-11-5-4-6-12(9-11)10-23-13-14(20-16(23)19-8-7-18)21(2)17(25)22(3)15(13)24/h4-6,9H,7-8,10,18H2,1-3H3,(H,19,20). The number of nitrogens with two attached hydrogens (primary N) is 1. The molecule has 3 aromatic rings. The van der Waals surface area contributed by atoms with Crippen LogP contribution >= 0.6 is 0 Å². The highest BCUT2D eigenvalue weighted by Gasteiger charge is 2.19. The van der Waals surface area contributed by atoms with Gasteiger partial charge in [0.2, 0.25) is 5.95 Å². The van der Waals surface area contributed by atoms with Crippen molar-refractivity contribution in [3.8, 4) is 0 Å². The van der Waals surface area contributed by atoms with E-state index in [1.54, 1.807) is 7.05 Å². The smallest absolute Gasteiger partial charge is 0.332 e. The highest BCUT2D eigenvalue weighted by molar-refractivity contribution is 5.74. The second-order valence-electron chi connectivity index (χ2n) is 6.10. The van der Waals surface area contributed by atoms with Crippen LogP contribution in [-0.2, 0) is 20.6 Å². The summed E-state index contributed by atoms with van der Waals surface area (Å²) in [5.74, 6) is 0.528. The molecule has 8 heteroatoms. The molecule has 0 fully saturated rings. The molecular formula is C17H22N6O2. The van der Waals surface area contributed by atoms with Gasteiger partial charge in [0.1, 0.15) is 0 Å². The zero-order chi connectivity index (χ0) is 18.1. The van der Waals surface area contributed by atoms with Gasteiger partial charge in [0.05, 0.1) is 6.54 Å². The number of nitrogens with zero attached hydrogens (tertiary/aromatic N) is 4. The lowest BCUT2D eigenvalue weighted by molar-refractivity contribution is 0.702. The molecule has 3 rings (SSSR count). The van der Waals surface area contributed by atoms with Gasteiger partial charge in [-0.1, -0.05) is 29.8 Å². The van der Waals surface area contributed by atoms with Crippen molar-refractivity contribution in [3.63, 3.8) is 0 Å². The number of hydrogen-bond acceptors (Lipinski definition) is 5. The summed E-state index contributed by atoms with van der Waals surface area (Å²) >= 11 is 0. The van der Waals surface area contributed by atoms with Crippen molar-refractivity contribution in [3.05, 3.63) is 56.2 Å². The van der Waals surface area contributed by atoms with E-state index in [4.69, 9.17) is 5.73 Å². The maximum Gasteiger partial charge on any atom is 0.332 e. The van der Waals surface area contributed by atoms with Crippen LogP contribution in [0.2, 0.25) is 0 Å². The van der Waals surface area contributed by atoms with Crippen LogP contribution in [0.25, 0.3) is 11.2 Å². The Morgan fingerprint density at radius 3 is 2.64 bits per heavy atom. The van der Waals surface area contributed by atoms with Crippen LogP contribution in [0.15, 0.2) is 33.9 Å². The predicted octanol–water partition coefficient (Wildman–Crippen LogP) is 0.161. The molecule has 0 saturated carbocycles. The van der Waals surface area contributed by atoms with Crippen molar-refractivity contribution < 1.29 is 0 Å². The van der Waals surface area contributed by atoms with E-state index in [1.807, 2.05) is 29.7 Å². The lowest BCUT2D eigenvalue weighted by Crippen LogP contribution is -2.37. The number of aryl methyl sites for hydroxylation is 2. The number of rotatable bonds is 5. The summed E-state index contributed by atoms with van der Waals surface area (Å²) in [4.78, 5) is 29.4. The van der Waals surface area contributed by atoms with Crippen LogP contribution in [0.1, 0.15) is 11.1 Å². The summed E-state index contributed by atoms with van der Waals surface area (Å²) in [5.41, 5.74) is 7.76. The average molecular weight is 342 g/mol. The van der Waals surface area contributed by atoms with Gasteiger partial charge < -0.3 is 11.1 Å². The van der Waals surface area contributed by atoms with Crippen molar-refractivity contribution >= 4 is 17.1 Å². The minimum atomic E-state index is -0.400. The lowest BCUT2D eigenvalue weighted by Gasteiger charge is -2.11. The normalized spacial score (nSPS) is 11.2. The van der Waals surface area contributed by atoms with E-state index in [0.717, 1.165) is 15.7 Å². The first-order valence-electron chi connectivity index (χ1n) is 8.09. The monoisotopic (exact) mass is 342 g/mol. The number of imidazole rings is 1. The minimum absolute atomic E-state index is 0.361. The third-order valence-electron chi connectivity index (χ3n) is 4.20. The zero-order valence-electron chi connectivity index (χ0n) is 14.6. The summed E-state index contributed by atoms with van der Waals surface area (Å²) < 4.78 is 4.29. The van der Waals surface area contributed by atoms with Gasteiger partial charge in [0, 0.05) is 27.2 Å². The Hall–Kier alpha value is -2.87. The minimum Gasteiger partial charge on any atom is -0.354 e. The first kappa shape index (κ1) is 17.0. The lowest BCUT2D eigenvalue weighted by atomic mass is 10.1. The molecule has 132 valence electrons. The van der Waals surface area contributed by atoms with Crippen molar-refractivity contribution in [2.45, 2.75) is 13.5 Å². The molecule has 8 nitrogen and oxygen atoms in total. The predicted molar refractivity (Wildman–Crippen MR) is 98.0 cm³/mol. The molecule has 0 unspecified atom stereocenters. The van der Waals surface area contributed by atoms with Crippen LogP contribution < -0.4 is 22.3 Å². The van der Waals surface area contributed by atoms with Gasteiger partial charge in [-0.05, 0) is 12.5 Å². The number of hydrogen-bond donors (Lipinski definition) is 2. The molecule has 0 bridgehead atoms. The Morgan fingerprint density at radius 1 is 1.20 bits per heavy atom. The molecule has 0 aliphatic rings. The molecule has 1 aromatic carbocycles. The molecule has 2 aromatic heterocycles. The quantitative estimate of drug-likeness (QED) is 0.688. The molecule has 0 saturated heterocycles. The second kappa shape index (κ2) is 6.56. The Labute approximate surface area is 144 Å². The van der Waals surface area contributed by atoms with Crippen molar-refractivity contribution in [1.29, 1.82) is 0 Å². The third-order valence-corrected chi connectivity index (χ3v) is 4.20. The van der Waals surface area contributed by atoms with Crippen LogP contribution in [0.5, 0.6) is 0 Å². The Bertz CT molecular complexity index is 1040. The van der Waals surface area contributed by atoms with E-state index < -0.39 is 5.69 Å². The van der Waals surface area contributed by atoms with Gasteiger partial charge >= 0.3 is 5.69 Å². The van der Waals surface area contributed by atoms with Gasteiger partial charge in [-0.15, -0.1) is 0 Å². The van der Waals surface area contributed by atoms with Crippen molar-refractivity contribution in [2.75, 3.05) is 18.4 Å². The largest absolute Gasteiger partial charge is 0.354 e. The first-order valence-corrected chi connectivity index (χ1v) is 8.09. The summed E-state index contributed by atoms with van der Waals surface area (Å²) in [7, 11) is 3.09. The Balaban J connectivity index is 2.26. The van der Waals surface area contributed by atoms with E-state index >= 15 is 0 Å². The first-order chi connectivity index (χ1) is 11.9. The molecule has 0 atom stereocenters. The molecule has 25 heavy (non-hydrogen) atoms. The van der Waals surface area contributed by atoms with Gasteiger partial charge in [-0.3, -0.25) is 18.5 Å². The molecule has 0 radical (unpaired) electrons. The summed E-state index contributed by atoms with van der Waals surface area (Å²) in [6, 6.07) is 8.05. The van der Waals surface area contributed by atoms with Crippen molar-refractivity contribution in [1.82, 2.24) is 18.7 Å². The van der Waals surface area contributed by atoms with Gasteiger partial charge in [-0.25, -0.2) is 4.79 Å². The van der Waals surface area contributed by atoms with Crippen LogP contribution in [0, 0.1) is 6.92 Å². The number of fused-ring (bicyclic) bond motifs is 1. The van der Waals surface area contributed by atoms with Gasteiger partial charge in [0.15, 0.2) is 11.2 Å². The van der Waals surface area contributed by atoms with Gasteiger partial charge in [0.25, 0.3) is 5.56 Å². The summed E-state index contributed by atoms with van der Waals surface area (Å²) in [6.45, 7) is 3.44. The van der Waals surface area contributed by atoms with Crippen molar-refractivity contribution in [2.24, 2.45) is 19.8 Å². The fourth-order valence-corrected chi connectivity index (χ4v) is 2.91. The van der Waals surface area contributed by atoms with Gasteiger partial charge in [-0.2, -0.15) is 4.98 Å². The topological polar surface area (TPSA) is 99.9 Å². The molecule has 0 aliphatic carbocycles. The number of benzene rings is 1. The van der Waals surface area contributed by atoms with E-state index in [2.05, 4.69) is 16.4 Å². The van der Waals surface area contributed by atoms with Crippen LogP contribution in [-0.4, -0.2) is 31.8 Å². The molecular weight excluding hydrogens is 320 g/mol. The summed E-state index contributed by atoms with van der Waals surface area (Å²) in [6.07, 6.45) is 0. The molecule has 0 amide bonds. The van der Waals surface area contributed by atoms with E-state index in [-0.39, 0.29) is 5.56 Å². The fraction of sp³-hybridized carbons (Fsp3) is 0.353. The number of aromatic nitrogens is 4. The molecule has 0 spiro atoms. The molecule has 0 aliphatic heterocycles. The second-order valence-corrected chi connectivity index (χ2v) is 6.10. The molecule has 2 heterocycles. The molecule has 3 N–H and O–H groups in total. The number of anilines is 1. The fourth-order valence-electron chi connectivity index (χ4n) is 2.91. The Morgan fingerprint density at radius 2 is 1.96 bits per heavy atom. The highest BCUT2D eigenvalue weighted by Crippen LogP contribution is 2.18. The summed E-state index contributed by atoms with van der Waals surface area (Å²) in [5, 5.41) is 3.14. The van der Waals surface area contributed by atoms with Crippen LogP contribution in [0.4, 0.5) is 5.95 Å². The highest BCUT2D eigenvalue weighted by atomic mass is 16.2. The van der Waals surface area contributed by atoms with E-state index in [1.165, 1.54) is 11.6 Å². The maximum absolute atomic E-state index is 12.7. The number of nitrogens with one attached hydrogen (secondary N) is 1. The van der Waals surface area contributed by atoms with E-state index in [0.29, 0.717) is 36.7 Å². The van der Waals surface area contributed by atoms with Crippen LogP contribution in [0.3, 0.4) is 0 Å². The van der Waals surface area contributed by atoms with E-state index in [9.17, 15) is 9.59 Å². The maximum atomic E-state index is 12.7.